The number of carbonyl (C=O) groups is 1. The predicted molar refractivity (Wildman–Crippen MR) is 87.1 cm³/mol. The van der Waals surface area contributed by atoms with Crippen molar-refractivity contribution in [2.75, 3.05) is 0 Å². The summed E-state index contributed by atoms with van der Waals surface area (Å²) in [6, 6.07) is 17.0. The molecule has 0 heterocycles. The van der Waals surface area contributed by atoms with Crippen molar-refractivity contribution >= 4 is 17.6 Å². The molecule has 0 bridgehead atoms. The molecule has 22 heavy (non-hydrogen) atoms. The van der Waals surface area contributed by atoms with Crippen LogP contribution >= 0.6 is 0 Å². The highest BCUT2D eigenvalue weighted by molar-refractivity contribution is 5.80. The molecule has 3 nitrogen and oxygen atoms in total. The van der Waals surface area contributed by atoms with Crippen LogP contribution in [0.2, 0.25) is 0 Å². The number of esters is 1. The van der Waals surface area contributed by atoms with E-state index in [1.165, 1.54) is 0 Å². The van der Waals surface area contributed by atoms with Crippen molar-refractivity contribution in [3.63, 3.8) is 0 Å². The van der Waals surface area contributed by atoms with Crippen LogP contribution in [0.3, 0.4) is 0 Å². The van der Waals surface area contributed by atoms with Gasteiger partial charge in [-0.05, 0) is 47.9 Å². The zero-order valence-electron chi connectivity index (χ0n) is 12.7. The lowest BCUT2D eigenvalue weighted by molar-refractivity contribution is -0.134. The predicted octanol–water partition coefficient (Wildman–Crippen LogP) is 4.43. The number of carbonyl (C=O) groups excluding carboxylic acids is 1. The van der Waals surface area contributed by atoms with E-state index in [1.54, 1.807) is 31.2 Å². The molecule has 0 N–H and O–H groups in total. The molecule has 0 radical (unpaired) electrons. The number of nitrogens with zero attached hydrogens (tertiary/aromatic N) is 1. The topological polar surface area (TPSA) is 50.1 Å². The van der Waals surface area contributed by atoms with Crippen molar-refractivity contribution in [1.82, 2.24) is 0 Å². The fraction of sp³-hybridized carbons (Fsp3) is 0.158. The standard InChI is InChI=1S/C19H17NO2/c1-3-19(21)22-18-10-8-17(9-11-18)14(2)12-15-4-6-16(13-20)7-5-15/h4-12H,3H2,1-2H3/b14-12+. The van der Waals surface area contributed by atoms with E-state index in [-0.39, 0.29) is 5.97 Å². The van der Waals surface area contributed by atoms with Crippen LogP contribution in [0, 0.1) is 11.3 Å². The molecule has 3 heteroatoms. The third kappa shape index (κ3) is 4.07. The van der Waals surface area contributed by atoms with E-state index in [0.717, 1.165) is 16.7 Å². The van der Waals surface area contributed by atoms with Gasteiger partial charge in [0, 0.05) is 6.42 Å². The molecule has 2 aromatic rings. The highest BCUT2D eigenvalue weighted by Gasteiger charge is 2.02. The third-order valence-corrected chi connectivity index (χ3v) is 3.25. The Bertz CT molecular complexity index is 720. The number of allylic oxidation sites excluding steroid dienone is 1. The summed E-state index contributed by atoms with van der Waals surface area (Å²) in [5.41, 5.74) is 3.84. The Labute approximate surface area is 130 Å². The van der Waals surface area contributed by atoms with Crippen molar-refractivity contribution in [2.24, 2.45) is 0 Å². The number of rotatable bonds is 4. The van der Waals surface area contributed by atoms with Gasteiger partial charge in [0.1, 0.15) is 5.75 Å². The second-order valence-corrected chi connectivity index (χ2v) is 4.91. The van der Waals surface area contributed by atoms with Gasteiger partial charge in [-0.3, -0.25) is 4.79 Å². The highest BCUT2D eigenvalue weighted by atomic mass is 16.5. The minimum atomic E-state index is -0.238. The molecule has 0 aliphatic carbocycles. The van der Waals surface area contributed by atoms with E-state index in [1.807, 2.05) is 37.3 Å². The molecule has 0 fully saturated rings. The number of benzene rings is 2. The summed E-state index contributed by atoms with van der Waals surface area (Å²) in [5, 5.41) is 8.79. The van der Waals surface area contributed by atoms with Gasteiger partial charge >= 0.3 is 5.97 Å². The summed E-state index contributed by atoms with van der Waals surface area (Å²) in [6.07, 6.45) is 2.41. The van der Waals surface area contributed by atoms with Gasteiger partial charge in [0.2, 0.25) is 0 Å². The van der Waals surface area contributed by atoms with Crippen molar-refractivity contribution in [3.8, 4) is 11.8 Å². The van der Waals surface area contributed by atoms with Crippen molar-refractivity contribution < 1.29 is 9.53 Å². The number of hydrogen-bond donors (Lipinski definition) is 0. The molecule has 0 amide bonds. The van der Waals surface area contributed by atoms with Crippen LogP contribution < -0.4 is 4.74 Å². The summed E-state index contributed by atoms with van der Waals surface area (Å²) < 4.78 is 5.15. The fourth-order valence-corrected chi connectivity index (χ4v) is 1.98. The largest absolute Gasteiger partial charge is 0.427 e. The van der Waals surface area contributed by atoms with Crippen LogP contribution in [-0.4, -0.2) is 5.97 Å². The molecule has 0 aliphatic heterocycles. The van der Waals surface area contributed by atoms with Crippen LogP contribution in [0.5, 0.6) is 5.75 Å². The maximum absolute atomic E-state index is 11.2. The molecule has 2 aromatic carbocycles. The molecule has 0 atom stereocenters. The van der Waals surface area contributed by atoms with Gasteiger partial charge in [-0.1, -0.05) is 37.3 Å². The Hall–Kier alpha value is -2.86. The SMILES string of the molecule is CCC(=O)Oc1ccc(/C(C)=C/c2ccc(C#N)cc2)cc1. The van der Waals surface area contributed by atoms with E-state index in [2.05, 4.69) is 6.07 Å². The molecule has 0 spiro atoms. The first-order valence-electron chi connectivity index (χ1n) is 7.12. The van der Waals surface area contributed by atoms with Crippen LogP contribution in [-0.2, 0) is 4.79 Å². The first-order valence-corrected chi connectivity index (χ1v) is 7.12. The monoisotopic (exact) mass is 291 g/mol. The van der Waals surface area contributed by atoms with Crippen LogP contribution in [0.1, 0.15) is 37.0 Å². The van der Waals surface area contributed by atoms with E-state index >= 15 is 0 Å². The smallest absolute Gasteiger partial charge is 0.310 e. The van der Waals surface area contributed by atoms with E-state index < -0.39 is 0 Å². The first kappa shape index (κ1) is 15.5. The average molecular weight is 291 g/mol. The highest BCUT2D eigenvalue weighted by Crippen LogP contribution is 2.21. The van der Waals surface area contributed by atoms with Gasteiger partial charge in [-0.25, -0.2) is 0 Å². The summed E-state index contributed by atoms with van der Waals surface area (Å²) in [6.45, 7) is 3.78. The second kappa shape index (κ2) is 7.24. The number of nitriles is 1. The van der Waals surface area contributed by atoms with Crippen molar-refractivity contribution in [3.05, 3.63) is 65.2 Å². The van der Waals surface area contributed by atoms with E-state index in [0.29, 0.717) is 17.7 Å². The van der Waals surface area contributed by atoms with Gasteiger partial charge in [0.15, 0.2) is 0 Å². The lowest BCUT2D eigenvalue weighted by atomic mass is 10.0. The molecule has 0 aliphatic rings. The van der Waals surface area contributed by atoms with Gasteiger partial charge < -0.3 is 4.74 Å². The Morgan fingerprint density at radius 1 is 1.14 bits per heavy atom. The van der Waals surface area contributed by atoms with E-state index in [9.17, 15) is 4.79 Å². The van der Waals surface area contributed by atoms with Crippen LogP contribution in [0.15, 0.2) is 48.5 Å². The zero-order chi connectivity index (χ0) is 15.9. The minimum Gasteiger partial charge on any atom is -0.427 e. The maximum atomic E-state index is 11.2. The molecule has 0 saturated heterocycles. The molecular formula is C19H17NO2. The lowest BCUT2D eigenvalue weighted by Crippen LogP contribution is -2.05. The zero-order valence-corrected chi connectivity index (χ0v) is 12.7. The fourth-order valence-electron chi connectivity index (χ4n) is 1.98. The van der Waals surface area contributed by atoms with Crippen LogP contribution in [0.4, 0.5) is 0 Å². The number of ether oxygens (including phenoxy) is 1. The summed E-state index contributed by atoms with van der Waals surface area (Å²) >= 11 is 0. The normalized spacial score (nSPS) is 10.9. The summed E-state index contributed by atoms with van der Waals surface area (Å²) in [5.74, 6) is 0.319. The number of hydrogen-bond acceptors (Lipinski definition) is 3. The van der Waals surface area contributed by atoms with Crippen molar-refractivity contribution in [2.45, 2.75) is 20.3 Å². The third-order valence-electron chi connectivity index (χ3n) is 3.25. The molecule has 0 aromatic heterocycles. The van der Waals surface area contributed by atoms with Crippen LogP contribution in [0.25, 0.3) is 11.6 Å². The molecule has 2 rings (SSSR count). The quantitative estimate of drug-likeness (QED) is 0.475. The summed E-state index contributed by atoms with van der Waals surface area (Å²) in [7, 11) is 0. The molecule has 110 valence electrons. The Kier molecular flexibility index (Phi) is 5.11. The Morgan fingerprint density at radius 2 is 1.77 bits per heavy atom. The maximum Gasteiger partial charge on any atom is 0.310 e. The Balaban J connectivity index is 2.14. The molecule has 0 unspecified atom stereocenters. The van der Waals surface area contributed by atoms with Gasteiger partial charge in [-0.15, -0.1) is 0 Å². The second-order valence-electron chi connectivity index (χ2n) is 4.91. The molecular weight excluding hydrogens is 274 g/mol. The van der Waals surface area contributed by atoms with E-state index in [4.69, 9.17) is 10.00 Å². The van der Waals surface area contributed by atoms with Crippen molar-refractivity contribution in [1.29, 1.82) is 5.26 Å². The van der Waals surface area contributed by atoms with Gasteiger partial charge in [0.25, 0.3) is 0 Å². The van der Waals surface area contributed by atoms with Gasteiger partial charge in [-0.2, -0.15) is 5.26 Å². The first-order chi connectivity index (χ1) is 10.6. The van der Waals surface area contributed by atoms with Gasteiger partial charge in [0.05, 0.1) is 11.6 Å². The Morgan fingerprint density at radius 3 is 2.32 bits per heavy atom. The minimum absolute atomic E-state index is 0.238. The lowest BCUT2D eigenvalue weighted by Gasteiger charge is -2.05. The molecule has 0 saturated carbocycles. The summed E-state index contributed by atoms with van der Waals surface area (Å²) in [4.78, 5) is 11.2. The average Bonchev–Trinajstić information content (AvgIpc) is 2.56.